The molecule has 2 aromatic heterocycles. The number of esters is 1. The second-order valence-electron chi connectivity index (χ2n) is 3.50. The largest absolute Gasteiger partial charge is 0.448 e. The van der Waals surface area contributed by atoms with Crippen LogP contribution in [0.4, 0.5) is 0 Å². The monoisotopic (exact) mass is 282 g/mol. The Morgan fingerprint density at radius 2 is 2.22 bits per heavy atom. The van der Waals surface area contributed by atoms with E-state index in [1.807, 2.05) is 16.8 Å². The Bertz CT molecular complexity index is 563. The standard InChI is InChI=1S/C11H10N2O3S2/c1-6(9(12)14)16-11(15)8-5-18-10(13-8)7-2-3-17-4-7/h2-6H,1H3,(H2,12,14)/t6-/m0/s1. The molecule has 2 rings (SSSR count). The molecule has 0 saturated carbocycles. The van der Waals surface area contributed by atoms with Crippen LogP contribution < -0.4 is 5.73 Å². The van der Waals surface area contributed by atoms with Crippen molar-refractivity contribution in [3.63, 3.8) is 0 Å². The SMILES string of the molecule is C[C@H](OC(=O)c1csc(-c2ccsc2)n1)C(N)=O. The first kappa shape index (κ1) is 12.7. The van der Waals surface area contributed by atoms with Crippen LogP contribution in [-0.2, 0) is 9.53 Å². The average Bonchev–Trinajstić information content (AvgIpc) is 2.99. The maximum Gasteiger partial charge on any atom is 0.358 e. The molecule has 0 aliphatic rings. The van der Waals surface area contributed by atoms with E-state index in [1.54, 1.807) is 16.7 Å². The molecule has 18 heavy (non-hydrogen) atoms. The minimum atomic E-state index is -0.955. The summed E-state index contributed by atoms with van der Waals surface area (Å²) < 4.78 is 4.86. The lowest BCUT2D eigenvalue weighted by atomic mass is 10.3. The number of carbonyl (C=O) groups is 2. The van der Waals surface area contributed by atoms with Crippen LogP contribution in [0.5, 0.6) is 0 Å². The zero-order chi connectivity index (χ0) is 13.1. The van der Waals surface area contributed by atoms with Gasteiger partial charge in [-0.25, -0.2) is 9.78 Å². The highest BCUT2D eigenvalue weighted by atomic mass is 32.1. The summed E-state index contributed by atoms with van der Waals surface area (Å²) in [4.78, 5) is 26.6. The molecule has 0 radical (unpaired) electrons. The molecule has 0 spiro atoms. The van der Waals surface area contributed by atoms with Gasteiger partial charge in [0, 0.05) is 16.3 Å². The Labute approximate surface area is 111 Å². The lowest BCUT2D eigenvalue weighted by molar-refractivity contribution is -0.125. The highest BCUT2D eigenvalue weighted by molar-refractivity contribution is 7.14. The normalized spacial score (nSPS) is 12.1. The topological polar surface area (TPSA) is 82.3 Å². The number of carbonyl (C=O) groups excluding carboxylic acids is 2. The molecule has 0 fully saturated rings. The summed E-state index contributed by atoms with van der Waals surface area (Å²) in [6.45, 7) is 1.42. The molecule has 5 nitrogen and oxygen atoms in total. The maximum absolute atomic E-state index is 11.7. The van der Waals surface area contributed by atoms with Crippen molar-refractivity contribution >= 4 is 34.6 Å². The van der Waals surface area contributed by atoms with Crippen molar-refractivity contribution in [1.29, 1.82) is 0 Å². The molecule has 0 unspecified atom stereocenters. The predicted octanol–water partition coefficient (Wildman–Crippen LogP) is 1.90. The van der Waals surface area contributed by atoms with E-state index in [0.29, 0.717) is 0 Å². The summed E-state index contributed by atoms with van der Waals surface area (Å²) in [5.41, 5.74) is 6.17. The number of aromatic nitrogens is 1. The molecule has 2 aromatic rings. The van der Waals surface area contributed by atoms with E-state index in [-0.39, 0.29) is 5.69 Å². The molecule has 2 N–H and O–H groups in total. The van der Waals surface area contributed by atoms with Crippen molar-refractivity contribution in [2.24, 2.45) is 5.73 Å². The summed E-state index contributed by atoms with van der Waals surface area (Å²) in [5, 5.41) is 6.22. The third-order valence-electron chi connectivity index (χ3n) is 2.17. The van der Waals surface area contributed by atoms with Gasteiger partial charge < -0.3 is 10.5 Å². The van der Waals surface area contributed by atoms with Crippen LogP contribution in [0.25, 0.3) is 10.6 Å². The summed E-state index contributed by atoms with van der Waals surface area (Å²) >= 11 is 2.91. The quantitative estimate of drug-likeness (QED) is 0.868. The van der Waals surface area contributed by atoms with Gasteiger partial charge in [-0.1, -0.05) is 0 Å². The Morgan fingerprint density at radius 3 is 2.83 bits per heavy atom. The van der Waals surface area contributed by atoms with E-state index in [1.165, 1.54) is 18.3 Å². The number of thiazole rings is 1. The van der Waals surface area contributed by atoms with Crippen LogP contribution in [-0.4, -0.2) is 23.0 Å². The number of nitrogens with zero attached hydrogens (tertiary/aromatic N) is 1. The lowest BCUT2D eigenvalue weighted by Crippen LogP contribution is -2.30. The maximum atomic E-state index is 11.7. The van der Waals surface area contributed by atoms with Gasteiger partial charge in [0.15, 0.2) is 11.8 Å². The molecule has 1 amide bonds. The predicted molar refractivity (Wildman–Crippen MR) is 69.5 cm³/mol. The summed E-state index contributed by atoms with van der Waals surface area (Å²) in [6.07, 6.45) is -0.955. The first-order valence-corrected chi connectivity index (χ1v) is 6.88. The Hall–Kier alpha value is -1.73. The van der Waals surface area contributed by atoms with Crippen LogP contribution in [0.1, 0.15) is 17.4 Å². The van der Waals surface area contributed by atoms with Crippen LogP contribution in [0.3, 0.4) is 0 Å². The van der Waals surface area contributed by atoms with Gasteiger partial charge in [0.25, 0.3) is 5.91 Å². The van der Waals surface area contributed by atoms with Crippen molar-refractivity contribution in [1.82, 2.24) is 4.98 Å². The van der Waals surface area contributed by atoms with Gasteiger partial charge in [-0.2, -0.15) is 11.3 Å². The Morgan fingerprint density at radius 1 is 1.44 bits per heavy atom. The van der Waals surface area contributed by atoms with E-state index >= 15 is 0 Å². The van der Waals surface area contributed by atoms with Crippen LogP contribution in [0.15, 0.2) is 22.2 Å². The Balaban J connectivity index is 2.11. The molecular weight excluding hydrogens is 272 g/mol. The molecule has 1 atom stereocenters. The molecule has 0 aliphatic heterocycles. The van der Waals surface area contributed by atoms with Gasteiger partial charge in [-0.15, -0.1) is 11.3 Å². The zero-order valence-corrected chi connectivity index (χ0v) is 11.1. The lowest BCUT2D eigenvalue weighted by Gasteiger charge is -2.07. The van der Waals surface area contributed by atoms with E-state index in [0.717, 1.165) is 10.6 Å². The van der Waals surface area contributed by atoms with Crippen molar-refractivity contribution in [3.05, 3.63) is 27.9 Å². The highest BCUT2D eigenvalue weighted by Gasteiger charge is 2.19. The highest BCUT2D eigenvalue weighted by Crippen LogP contribution is 2.25. The number of nitrogens with two attached hydrogens (primary N) is 1. The van der Waals surface area contributed by atoms with Crippen LogP contribution >= 0.6 is 22.7 Å². The Kier molecular flexibility index (Phi) is 3.73. The van der Waals surface area contributed by atoms with E-state index in [4.69, 9.17) is 10.5 Å². The molecule has 2 heterocycles. The zero-order valence-electron chi connectivity index (χ0n) is 9.45. The fraction of sp³-hybridized carbons (Fsp3) is 0.182. The number of rotatable bonds is 4. The molecule has 94 valence electrons. The number of primary amides is 1. The molecule has 0 aromatic carbocycles. The third kappa shape index (κ3) is 2.74. The van der Waals surface area contributed by atoms with E-state index < -0.39 is 18.0 Å². The fourth-order valence-corrected chi connectivity index (χ4v) is 2.67. The minimum absolute atomic E-state index is 0.189. The summed E-state index contributed by atoms with van der Waals surface area (Å²) in [6, 6.07) is 1.92. The van der Waals surface area contributed by atoms with Crippen molar-refractivity contribution in [2.75, 3.05) is 0 Å². The molecule has 7 heteroatoms. The second kappa shape index (κ2) is 5.28. The van der Waals surface area contributed by atoms with Gasteiger partial charge in [-0.05, 0) is 18.4 Å². The summed E-state index contributed by atoms with van der Waals surface area (Å²) in [5.74, 6) is -1.32. The molecule has 0 saturated heterocycles. The molecule has 0 aliphatic carbocycles. The van der Waals surface area contributed by atoms with Crippen molar-refractivity contribution < 1.29 is 14.3 Å². The first-order chi connectivity index (χ1) is 8.58. The van der Waals surface area contributed by atoms with Crippen molar-refractivity contribution in [3.8, 4) is 10.6 Å². The van der Waals surface area contributed by atoms with Crippen molar-refractivity contribution in [2.45, 2.75) is 13.0 Å². The number of hydrogen-bond donors (Lipinski definition) is 1. The second-order valence-corrected chi connectivity index (χ2v) is 5.14. The van der Waals surface area contributed by atoms with E-state index in [9.17, 15) is 9.59 Å². The third-order valence-corrected chi connectivity index (χ3v) is 3.74. The molecular formula is C11H10N2O3S2. The number of ether oxygens (including phenoxy) is 1. The average molecular weight is 282 g/mol. The van der Waals surface area contributed by atoms with Gasteiger partial charge >= 0.3 is 5.97 Å². The van der Waals surface area contributed by atoms with Gasteiger partial charge in [0.2, 0.25) is 0 Å². The van der Waals surface area contributed by atoms with Crippen LogP contribution in [0.2, 0.25) is 0 Å². The van der Waals surface area contributed by atoms with Gasteiger partial charge in [0.1, 0.15) is 5.01 Å². The number of hydrogen-bond acceptors (Lipinski definition) is 6. The minimum Gasteiger partial charge on any atom is -0.448 e. The van der Waals surface area contributed by atoms with Crippen LogP contribution in [0, 0.1) is 0 Å². The number of thiophene rings is 1. The summed E-state index contributed by atoms with van der Waals surface area (Å²) in [7, 11) is 0. The fourth-order valence-electron chi connectivity index (χ4n) is 1.17. The first-order valence-electron chi connectivity index (χ1n) is 5.06. The number of amides is 1. The van der Waals surface area contributed by atoms with E-state index in [2.05, 4.69) is 4.98 Å². The van der Waals surface area contributed by atoms with Gasteiger partial charge in [-0.3, -0.25) is 4.79 Å². The smallest absolute Gasteiger partial charge is 0.358 e. The van der Waals surface area contributed by atoms with Gasteiger partial charge in [0.05, 0.1) is 0 Å². The molecule has 0 bridgehead atoms.